The van der Waals surface area contributed by atoms with Crippen molar-refractivity contribution in [2.45, 2.75) is 39.2 Å². The lowest BCUT2D eigenvalue weighted by atomic mass is 10.2. The summed E-state index contributed by atoms with van der Waals surface area (Å²) in [6.07, 6.45) is 2.74. The zero-order valence-corrected chi connectivity index (χ0v) is 15.5. The summed E-state index contributed by atoms with van der Waals surface area (Å²) in [4.78, 5) is 19.1. The number of hydrogen-bond donors (Lipinski definition) is 1. The van der Waals surface area contributed by atoms with Crippen LogP contribution in [-0.4, -0.2) is 41.5 Å². The Balaban J connectivity index is 1.57. The van der Waals surface area contributed by atoms with Crippen LogP contribution in [0.2, 0.25) is 5.02 Å². The molecule has 25 heavy (non-hydrogen) atoms. The Labute approximate surface area is 153 Å². The minimum absolute atomic E-state index is 0.0231. The maximum Gasteiger partial charge on any atom is 0.226 e. The second-order valence-electron chi connectivity index (χ2n) is 6.60. The van der Waals surface area contributed by atoms with Gasteiger partial charge in [0.1, 0.15) is 5.76 Å². The number of hydrogen-bond acceptors (Lipinski definition) is 4. The Morgan fingerprint density at radius 2 is 2.00 bits per heavy atom. The molecule has 1 fully saturated rings. The van der Waals surface area contributed by atoms with E-state index in [2.05, 4.69) is 22.1 Å². The first kappa shape index (κ1) is 18.0. The van der Waals surface area contributed by atoms with Gasteiger partial charge in [0, 0.05) is 23.2 Å². The average molecular weight is 362 g/mol. The highest BCUT2D eigenvalue weighted by atomic mass is 35.5. The summed E-state index contributed by atoms with van der Waals surface area (Å²) in [5, 5.41) is 3.68. The van der Waals surface area contributed by atoms with Crippen molar-refractivity contribution in [2.75, 3.05) is 19.6 Å². The van der Waals surface area contributed by atoms with E-state index in [0.29, 0.717) is 35.0 Å². The molecule has 1 amide bonds. The third-order valence-electron chi connectivity index (χ3n) is 4.67. The van der Waals surface area contributed by atoms with E-state index in [1.165, 1.54) is 12.8 Å². The second kappa shape index (κ2) is 8.02. The van der Waals surface area contributed by atoms with E-state index in [1.807, 2.05) is 19.1 Å². The summed E-state index contributed by atoms with van der Waals surface area (Å²) in [6.45, 7) is 6.92. The molecule has 1 atom stereocenters. The molecule has 1 N–H and O–H groups in total. The first-order valence-electron chi connectivity index (χ1n) is 8.76. The standard InChI is InChI=1S/C19H24ClN3O2/c1-13(23-9-3-4-10-23)12-21-18(24)11-17-14(2)25-19(22-17)15-5-7-16(20)8-6-15/h5-8,13H,3-4,9-12H2,1-2H3,(H,21,24). The van der Waals surface area contributed by atoms with Crippen molar-refractivity contribution in [3.05, 3.63) is 40.7 Å². The van der Waals surface area contributed by atoms with Gasteiger partial charge in [-0.05, 0) is 64.0 Å². The Hall–Kier alpha value is -1.85. The van der Waals surface area contributed by atoms with E-state index < -0.39 is 0 Å². The number of likely N-dealkylation sites (tertiary alicyclic amines) is 1. The number of nitrogens with zero attached hydrogens (tertiary/aromatic N) is 2. The predicted molar refractivity (Wildman–Crippen MR) is 98.7 cm³/mol. The molecule has 0 spiro atoms. The maximum absolute atomic E-state index is 12.2. The van der Waals surface area contributed by atoms with E-state index >= 15 is 0 Å². The Bertz CT molecular complexity index is 721. The van der Waals surface area contributed by atoms with Crippen LogP contribution in [-0.2, 0) is 11.2 Å². The van der Waals surface area contributed by atoms with Gasteiger partial charge in [0.25, 0.3) is 0 Å². The van der Waals surface area contributed by atoms with Crippen LogP contribution in [0.3, 0.4) is 0 Å². The zero-order valence-electron chi connectivity index (χ0n) is 14.7. The van der Waals surface area contributed by atoms with Gasteiger partial charge in [-0.2, -0.15) is 0 Å². The van der Waals surface area contributed by atoms with Crippen LogP contribution in [0.5, 0.6) is 0 Å². The van der Waals surface area contributed by atoms with E-state index in [4.69, 9.17) is 16.0 Å². The van der Waals surface area contributed by atoms with Crippen molar-refractivity contribution in [1.29, 1.82) is 0 Å². The molecular weight excluding hydrogens is 338 g/mol. The molecule has 6 heteroatoms. The normalized spacial score (nSPS) is 16.1. The number of carbonyl (C=O) groups excluding carboxylic acids is 1. The number of rotatable bonds is 6. The predicted octanol–water partition coefficient (Wildman–Crippen LogP) is 3.45. The molecule has 1 aliphatic rings. The molecular formula is C19H24ClN3O2. The van der Waals surface area contributed by atoms with Gasteiger partial charge in [0.05, 0.1) is 12.1 Å². The van der Waals surface area contributed by atoms with Gasteiger partial charge in [-0.1, -0.05) is 11.6 Å². The van der Waals surface area contributed by atoms with E-state index in [9.17, 15) is 4.79 Å². The number of oxazole rings is 1. The largest absolute Gasteiger partial charge is 0.441 e. The Kier molecular flexibility index (Phi) is 5.76. The van der Waals surface area contributed by atoms with Crippen molar-refractivity contribution >= 4 is 17.5 Å². The van der Waals surface area contributed by atoms with Gasteiger partial charge in [-0.3, -0.25) is 9.69 Å². The smallest absolute Gasteiger partial charge is 0.226 e. The Morgan fingerprint density at radius 3 is 2.68 bits per heavy atom. The molecule has 1 aromatic heterocycles. The summed E-state index contributed by atoms with van der Waals surface area (Å²) in [5.41, 5.74) is 1.53. The summed E-state index contributed by atoms with van der Waals surface area (Å²) >= 11 is 5.90. The highest BCUT2D eigenvalue weighted by Crippen LogP contribution is 2.23. The van der Waals surface area contributed by atoms with Crippen LogP contribution >= 0.6 is 11.6 Å². The van der Waals surface area contributed by atoms with Crippen LogP contribution in [0, 0.1) is 6.92 Å². The zero-order chi connectivity index (χ0) is 17.8. The SMILES string of the molecule is Cc1oc(-c2ccc(Cl)cc2)nc1CC(=O)NCC(C)N1CCCC1. The number of halogens is 1. The van der Waals surface area contributed by atoms with Crippen molar-refractivity contribution < 1.29 is 9.21 Å². The van der Waals surface area contributed by atoms with Crippen LogP contribution in [0.15, 0.2) is 28.7 Å². The summed E-state index contributed by atoms with van der Waals surface area (Å²) < 4.78 is 5.71. The van der Waals surface area contributed by atoms with Gasteiger partial charge in [0.15, 0.2) is 0 Å². The van der Waals surface area contributed by atoms with Crippen LogP contribution in [0.25, 0.3) is 11.5 Å². The minimum atomic E-state index is -0.0231. The molecule has 2 heterocycles. The van der Waals surface area contributed by atoms with E-state index in [-0.39, 0.29) is 12.3 Å². The number of benzene rings is 1. The van der Waals surface area contributed by atoms with Crippen LogP contribution < -0.4 is 5.32 Å². The quantitative estimate of drug-likeness (QED) is 0.856. The molecule has 5 nitrogen and oxygen atoms in total. The third kappa shape index (κ3) is 4.61. The molecule has 1 saturated heterocycles. The highest BCUT2D eigenvalue weighted by molar-refractivity contribution is 6.30. The first-order valence-corrected chi connectivity index (χ1v) is 9.13. The molecule has 0 saturated carbocycles. The average Bonchev–Trinajstić information content (AvgIpc) is 3.24. The monoisotopic (exact) mass is 361 g/mol. The van der Waals surface area contributed by atoms with Crippen molar-refractivity contribution in [1.82, 2.24) is 15.2 Å². The fraction of sp³-hybridized carbons (Fsp3) is 0.474. The Morgan fingerprint density at radius 1 is 1.32 bits per heavy atom. The number of aryl methyl sites for hydroxylation is 1. The first-order chi connectivity index (χ1) is 12.0. The molecule has 134 valence electrons. The number of aromatic nitrogens is 1. The molecule has 1 aliphatic heterocycles. The van der Waals surface area contributed by atoms with Crippen molar-refractivity contribution in [2.24, 2.45) is 0 Å². The number of nitrogens with one attached hydrogen (secondary N) is 1. The molecule has 2 aromatic rings. The lowest BCUT2D eigenvalue weighted by Crippen LogP contribution is -2.41. The van der Waals surface area contributed by atoms with Gasteiger partial charge in [-0.15, -0.1) is 0 Å². The fourth-order valence-corrected chi connectivity index (χ4v) is 3.22. The highest BCUT2D eigenvalue weighted by Gasteiger charge is 2.19. The van der Waals surface area contributed by atoms with Gasteiger partial charge < -0.3 is 9.73 Å². The molecule has 3 rings (SSSR count). The number of carbonyl (C=O) groups is 1. The molecule has 0 radical (unpaired) electrons. The maximum atomic E-state index is 12.2. The van der Waals surface area contributed by atoms with Gasteiger partial charge in [0.2, 0.25) is 11.8 Å². The summed E-state index contributed by atoms with van der Waals surface area (Å²) in [7, 11) is 0. The van der Waals surface area contributed by atoms with E-state index in [0.717, 1.165) is 18.7 Å². The minimum Gasteiger partial charge on any atom is -0.441 e. The van der Waals surface area contributed by atoms with Crippen molar-refractivity contribution in [3.8, 4) is 11.5 Å². The molecule has 0 bridgehead atoms. The molecule has 1 aromatic carbocycles. The van der Waals surface area contributed by atoms with Gasteiger partial charge in [-0.25, -0.2) is 4.98 Å². The molecule has 0 aliphatic carbocycles. The lowest BCUT2D eigenvalue weighted by Gasteiger charge is -2.23. The lowest BCUT2D eigenvalue weighted by molar-refractivity contribution is -0.120. The third-order valence-corrected chi connectivity index (χ3v) is 4.92. The topological polar surface area (TPSA) is 58.4 Å². The van der Waals surface area contributed by atoms with Crippen LogP contribution in [0.4, 0.5) is 0 Å². The summed E-state index contributed by atoms with van der Waals surface area (Å²) in [6, 6.07) is 7.67. The second-order valence-corrected chi connectivity index (χ2v) is 7.04. The van der Waals surface area contributed by atoms with Crippen LogP contribution in [0.1, 0.15) is 31.2 Å². The van der Waals surface area contributed by atoms with Gasteiger partial charge >= 0.3 is 0 Å². The van der Waals surface area contributed by atoms with Crippen molar-refractivity contribution in [3.63, 3.8) is 0 Å². The molecule has 1 unspecified atom stereocenters. The fourth-order valence-electron chi connectivity index (χ4n) is 3.10. The number of amides is 1. The summed E-state index contributed by atoms with van der Waals surface area (Å²) in [5.74, 6) is 1.17. The van der Waals surface area contributed by atoms with E-state index in [1.54, 1.807) is 12.1 Å².